The van der Waals surface area contributed by atoms with Crippen molar-refractivity contribution in [2.45, 2.75) is 38.3 Å². The van der Waals surface area contributed by atoms with E-state index < -0.39 is 0 Å². The van der Waals surface area contributed by atoms with Crippen LogP contribution in [-0.4, -0.2) is 18.5 Å². The summed E-state index contributed by atoms with van der Waals surface area (Å²) < 4.78 is 13.1. The second-order valence-electron chi connectivity index (χ2n) is 6.33. The molecule has 126 valence electrons. The smallest absolute Gasteiger partial charge is 0.227 e. The monoisotopic (exact) mass is 326 g/mol. The molecule has 0 fully saturated rings. The van der Waals surface area contributed by atoms with Crippen molar-refractivity contribution in [1.29, 1.82) is 0 Å². The van der Waals surface area contributed by atoms with E-state index in [1.807, 2.05) is 19.1 Å². The standard InChI is InChI=1S/C20H23FN2O/c1-3-22-19-17-7-5-4-6-15(17)12-18(19)23-20(24)13(2)14-8-10-16(21)11-9-14/h4-11,13,18-19,22H,3,12H2,1-2H3,(H,23,24)/t13?,18-,19-/m0/s1. The molecule has 0 heterocycles. The number of amides is 1. The predicted molar refractivity (Wildman–Crippen MR) is 93.3 cm³/mol. The summed E-state index contributed by atoms with van der Waals surface area (Å²) in [4.78, 5) is 12.7. The van der Waals surface area contributed by atoms with Crippen LogP contribution in [0.2, 0.25) is 0 Å². The van der Waals surface area contributed by atoms with Gasteiger partial charge in [-0.2, -0.15) is 0 Å². The SMILES string of the molecule is CCN[C@H]1c2ccccc2C[C@@H]1NC(=O)C(C)c1ccc(F)cc1. The molecular formula is C20H23FN2O. The second kappa shape index (κ2) is 7.14. The fourth-order valence-electron chi connectivity index (χ4n) is 3.41. The zero-order chi connectivity index (χ0) is 17.1. The van der Waals surface area contributed by atoms with Gasteiger partial charge in [0.2, 0.25) is 5.91 Å². The van der Waals surface area contributed by atoms with E-state index in [1.54, 1.807) is 12.1 Å². The number of carbonyl (C=O) groups excluding carboxylic acids is 1. The molecule has 0 aromatic heterocycles. The Morgan fingerprint density at radius 2 is 1.92 bits per heavy atom. The average molecular weight is 326 g/mol. The fraction of sp³-hybridized carbons (Fsp3) is 0.350. The van der Waals surface area contributed by atoms with Crippen LogP contribution in [0.3, 0.4) is 0 Å². The normalized spacial score (nSPS) is 20.5. The first-order valence-electron chi connectivity index (χ1n) is 8.47. The number of halogens is 1. The summed E-state index contributed by atoms with van der Waals surface area (Å²) in [5.41, 5.74) is 3.37. The minimum atomic E-state index is -0.309. The van der Waals surface area contributed by atoms with E-state index in [-0.39, 0.29) is 29.7 Å². The van der Waals surface area contributed by atoms with Crippen LogP contribution in [0.15, 0.2) is 48.5 Å². The van der Waals surface area contributed by atoms with Crippen LogP contribution in [-0.2, 0) is 11.2 Å². The van der Waals surface area contributed by atoms with Gasteiger partial charge in [-0.05, 0) is 48.7 Å². The van der Waals surface area contributed by atoms with Gasteiger partial charge in [0.05, 0.1) is 18.0 Å². The molecule has 3 rings (SSSR count). The Bertz CT molecular complexity index is 714. The zero-order valence-corrected chi connectivity index (χ0v) is 14.1. The van der Waals surface area contributed by atoms with Gasteiger partial charge in [0.25, 0.3) is 0 Å². The van der Waals surface area contributed by atoms with Crippen molar-refractivity contribution in [3.05, 3.63) is 71.0 Å². The maximum Gasteiger partial charge on any atom is 0.227 e. The topological polar surface area (TPSA) is 41.1 Å². The Morgan fingerprint density at radius 3 is 2.62 bits per heavy atom. The van der Waals surface area contributed by atoms with Crippen molar-refractivity contribution < 1.29 is 9.18 Å². The molecule has 2 aromatic carbocycles. The Balaban J connectivity index is 1.73. The van der Waals surface area contributed by atoms with Crippen molar-refractivity contribution in [1.82, 2.24) is 10.6 Å². The lowest BCUT2D eigenvalue weighted by Crippen LogP contribution is -2.44. The van der Waals surface area contributed by atoms with E-state index in [9.17, 15) is 9.18 Å². The predicted octanol–water partition coefficient (Wildman–Crippen LogP) is 3.32. The molecule has 24 heavy (non-hydrogen) atoms. The molecule has 1 aliphatic rings. The summed E-state index contributed by atoms with van der Waals surface area (Å²) in [6.07, 6.45) is 0.829. The van der Waals surface area contributed by atoms with E-state index in [0.717, 1.165) is 18.5 Å². The Labute approximate surface area is 142 Å². The van der Waals surface area contributed by atoms with Gasteiger partial charge >= 0.3 is 0 Å². The molecule has 0 spiro atoms. The third kappa shape index (κ3) is 3.34. The van der Waals surface area contributed by atoms with E-state index >= 15 is 0 Å². The summed E-state index contributed by atoms with van der Waals surface area (Å²) in [6.45, 7) is 4.77. The van der Waals surface area contributed by atoms with Crippen molar-refractivity contribution in [3.63, 3.8) is 0 Å². The average Bonchev–Trinajstić information content (AvgIpc) is 2.93. The zero-order valence-electron chi connectivity index (χ0n) is 14.1. The van der Waals surface area contributed by atoms with Gasteiger partial charge in [-0.3, -0.25) is 4.79 Å². The van der Waals surface area contributed by atoms with Gasteiger partial charge in [-0.15, -0.1) is 0 Å². The van der Waals surface area contributed by atoms with Crippen molar-refractivity contribution in [2.75, 3.05) is 6.54 Å². The number of nitrogens with one attached hydrogen (secondary N) is 2. The van der Waals surface area contributed by atoms with Crippen LogP contribution in [0.1, 0.15) is 42.5 Å². The highest BCUT2D eigenvalue weighted by Gasteiger charge is 2.33. The second-order valence-corrected chi connectivity index (χ2v) is 6.33. The van der Waals surface area contributed by atoms with Crippen LogP contribution < -0.4 is 10.6 Å². The number of rotatable bonds is 5. The van der Waals surface area contributed by atoms with Gasteiger partial charge in [0.1, 0.15) is 5.82 Å². The van der Waals surface area contributed by atoms with Crippen LogP contribution in [0.4, 0.5) is 4.39 Å². The molecule has 2 aromatic rings. The molecule has 4 heteroatoms. The molecule has 1 amide bonds. The van der Waals surface area contributed by atoms with Crippen molar-refractivity contribution >= 4 is 5.91 Å². The van der Waals surface area contributed by atoms with Crippen molar-refractivity contribution in [2.24, 2.45) is 0 Å². The molecule has 3 atom stereocenters. The van der Waals surface area contributed by atoms with Gasteiger partial charge in [0, 0.05) is 0 Å². The van der Waals surface area contributed by atoms with Crippen LogP contribution >= 0.6 is 0 Å². The third-order valence-corrected chi connectivity index (χ3v) is 4.75. The number of hydrogen-bond donors (Lipinski definition) is 2. The lowest BCUT2D eigenvalue weighted by Gasteiger charge is -2.24. The molecule has 0 saturated carbocycles. The van der Waals surface area contributed by atoms with E-state index in [1.165, 1.54) is 23.3 Å². The fourth-order valence-corrected chi connectivity index (χ4v) is 3.41. The Kier molecular flexibility index (Phi) is 4.95. The molecule has 1 aliphatic carbocycles. The highest BCUT2D eigenvalue weighted by Crippen LogP contribution is 2.31. The molecule has 0 saturated heterocycles. The number of carbonyl (C=O) groups is 1. The minimum Gasteiger partial charge on any atom is -0.351 e. The third-order valence-electron chi connectivity index (χ3n) is 4.75. The molecular weight excluding hydrogens is 303 g/mol. The lowest BCUT2D eigenvalue weighted by molar-refractivity contribution is -0.123. The summed E-state index contributed by atoms with van der Waals surface area (Å²) >= 11 is 0. The lowest BCUT2D eigenvalue weighted by atomic mass is 9.99. The van der Waals surface area contributed by atoms with Crippen LogP contribution in [0, 0.1) is 5.82 Å². The summed E-state index contributed by atoms with van der Waals surface area (Å²) in [7, 11) is 0. The van der Waals surface area contributed by atoms with E-state index in [0.29, 0.717) is 0 Å². The first-order valence-corrected chi connectivity index (χ1v) is 8.47. The molecule has 0 radical (unpaired) electrons. The number of hydrogen-bond acceptors (Lipinski definition) is 2. The first-order chi connectivity index (χ1) is 11.6. The largest absolute Gasteiger partial charge is 0.351 e. The summed E-state index contributed by atoms with van der Waals surface area (Å²) in [5, 5.41) is 6.66. The molecule has 0 aliphatic heterocycles. The van der Waals surface area contributed by atoms with Gasteiger partial charge in [-0.1, -0.05) is 43.3 Å². The molecule has 3 nitrogen and oxygen atoms in total. The van der Waals surface area contributed by atoms with Gasteiger partial charge in [-0.25, -0.2) is 4.39 Å². The number of benzene rings is 2. The Hall–Kier alpha value is -2.20. The van der Waals surface area contributed by atoms with Crippen LogP contribution in [0.5, 0.6) is 0 Å². The maximum absolute atomic E-state index is 13.1. The quantitative estimate of drug-likeness (QED) is 0.885. The summed E-state index contributed by atoms with van der Waals surface area (Å²) in [5.74, 6) is -0.622. The van der Waals surface area contributed by atoms with E-state index in [2.05, 4.69) is 29.7 Å². The van der Waals surface area contributed by atoms with Gasteiger partial charge in [0.15, 0.2) is 0 Å². The number of fused-ring (bicyclic) bond motifs is 1. The number of likely N-dealkylation sites (N-methyl/N-ethyl adjacent to an activating group) is 1. The van der Waals surface area contributed by atoms with Crippen LogP contribution in [0.25, 0.3) is 0 Å². The molecule has 0 bridgehead atoms. The highest BCUT2D eigenvalue weighted by atomic mass is 19.1. The highest BCUT2D eigenvalue weighted by molar-refractivity contribution is 5.83. The first kappa shape index (κ1) is 16.7. The minimum absolute atomic E-state index is 0.0256. The van der Waals surface area contributed by atoms with E-state index in [4.69, 9.17) is 0 Å². The maximum atomic E-state index is 13.1. The van der Waals surface area contributed by atoms with Gasteiger partial charge < -0.3 is 10.6 Å². The molecule has 1 unspecified atom stereocenters. The molecule has 2 N–H and O–H groups in total. The Morgan fingerprint density at radius 1 is 1.21 bits per heavy atom. The summed E-state index contributed by atoms with van der Waals surface area (Å²) in [6, 6.07) is 14.6. The van der Waals surface area contributed by atoms with Crippen molar-refractivity contribution in [3.8, 4) is 0 Å².